The van der Waals surface area contributed by atoms with Gasteiger partial charge >= 0.3 is 0 Å². The van der Waals surface area contributed by atoms with Gasteiger partial charge in [0, 0.05) is 38.3 Å². The van der Waals surface area contributed by atoms with Crippen molar-refractivity contribution in [3.63, 3.8) is 0 Å². The molecule has 0 aliphatic carbocycles. The van der Waals surface area contributed by atoms with Crippen molar-refractivity contribution in [3.05, 3.63) is 29.3 Å². The molecule has 1 aromatic rings. The molecule has 0 saturated carbocycles. The summed E-state index contributed by atoms with van der Waals surface area (Å²) in [5.41, 5.74) is 1.40. The smallest absolute Gasteiger partial charge is 0.262 e. The number of rotatable bonds is 2. The van der Waals surface area contributed by atoms with Crippen molar-refractivity contribution in [2.45, 2.75) is 37.3 Å². The molecule has 30 heavy (non-hydrogen) atoms. The minimum absolute atomic E-state index is 0.111. The molecule has 2 N–H and O–H groups in total. The summed E-state index contributed by atoms with van der Waals surface area (Å²) in [7, 11) is 0. The lowest BCUT2D eigenvalue weighted by Crippen LogP contribution is -2.55. The van der Waals surface area contributed by atoms with E-state index in [9.17, 15) is 19.2 Å². The molecule has 5 rings (SSSR count). The second-order valence-electron chi connectivity index (χ2n) is 8.37. The number of fused-ring (bicyclic) bond motifs is 1. The lowest BCUT2D eigenvalue weighted by atomic mass is 9.89. The fraction of sp³-hybridized carbons (Fsp3) is 0.524. The Hall–Kier alpha value is -2.78. The van der Waals surface area contributed by atoms with Crippen LogP contribution in [0.1, 0.15) is 46.4 Å². The van der Waals surface area contributed by atoms with Crippen LogP contribution >= 0.6 is 0 Å². The van der Waals surface area contributed by atoms with E-state index in [1.54, 1.807) is 12.1 Å². The first-order valence-corrected chi connectivity index (χ1v) is 10.4. The number of nitrogens with one attached hydrogen (secondary N) is 2. The number of imide groups is 2. The molecular formula is C21H24N4O5. The maximum Gasteiger partial charge on any atom is 0.262 e. The van der Waals surface area contributed by atoms with E-state index in [0.717, 1.165) is 56.2 Å². The molecule has 3 fully saturated rings. The number of anilines is 1. The van der Waals surface area contributed by atoms with Crippen molar-refractivity contribution in [1.29, 1.82) is 0 Å². The van der Waals surface area contributed by atoms with E-state index >= 15 is 0 Å². The third-order valence-corrected chi connectivity index (χ3v) is 6.60. The number of carbonyl (C=O) groups is 4. The van der Waals surface area contributed by atoms with Crippen LogP contribution in [-0.4, -0.2) is 73.0 Å². The van der Waals surface area contributed by atoms with Crippen molar-refractivity contribution in [2.24, 2.45) is 0 Å². The zero-order valence-corrected chi connectivity index (χ0v) is 16.6. The van der Waals surface area contributed by atoms with Gasteiger partial charge in [-0.3, -0.25) is 29.4 Å². The van der Waals surface area contributed by atoms with Crippen LogP contribution in [0, 0.1) is 0 Å². The van der Waals surface area contributed by atoms with Crippen molar-refractivity contribution in [3.8, 4) is 0 Å². The van der Waals surface area contributed by atoms with E-state index < -0.39 is 23.8 Å². The van der Waals surface area contributed by atoms with Crippen LogP contribution in [0.4, 0.5) is 5.69 Å². The van der Waals surface area contributed by atoms with Crippen LogP contribution in [0.5, 0.6) is 0 Å². The van der Waals surface area contributed by atoms with Crippen molar-refractivity contribution in [1.82, 2.24) is 15.5 Å². The zero-order chi connectivity index (χ0) is 20.9. The first-order chi connectivity index (χ1) is 14.5. The van der Waals surface area contributed by atoms with Gasteiger partial charge in [0.1, 0.15) is 6.04 Å². The quantitative estimate of drug-likeness (QED) is 0.661. The highest BCUT2D eigenvalue weighted by Gasteiger charge is 2.45. The predicted molar refractivity (Wildman–Crippen MR) is 106 cm³/mol. The molecule has 4 aliphatic heterocycles. The number of benzene rings is 1. The Bertz CT molecular complexity index is 929. The molecule has 4 heterocycles. The van der Waals surface area contributed by atoms with Gasteiger partial charge in [-0.2, -0.15) is 0 Å². The zero-order valence-electron chi connectivity index (χ0n) is 16.6. The van der Waals surface area contributed by atoms with E-state index in [1.807, 2.05) is 6.07 Å². The Morgan fingerprint density at radius 3 is 2.50 bits per heavy atom. The lowest BCUT2D eigenvalue weighted by Gasteiger charge is -2.44. The molecule has 1 atom stereocenters. The summed E-state index contributed by atoms with van der Waals surface area (Å²) >= 11 is 0. The predicted octanol–water partition coefficient (Wildman–Crippen LogP) is 0.0466. The van der Waals surface area contributed by atoms with Crippen LogP contribution in [0.25, 0.3) is 0 Å². The van der Waals surface area contributed by atoms with Gasteiger partial charge in [-0.1, -0.05) is 0 Å². The highest BCUT2D eigenvalue weighted by atomic mass is 16.5. The molecule has 3 saturated heterocycles. The standard InChI is InChI=1S/C21H24N4O5/c26-17-4-3-16(18(27)23-17)25-19(28)14-2-1-13(11-15(14)20(25)29)24-8-5-21(6-9-24)12-22-7-10-30-21/h1-2,11,16,22H,3-10,12H2,(H,23,26,27). The maximum absolute atomic E-state index is 13.0. The van der Waals surface area contributed by atoms with E-state index in [1.165, 1.54) is 0 Å². The summed E-state index contributed by atoms with van der Waals surface area (Å²) in [6.07, 6.45) is 2.06. The average molecular weight is 412 g/mol. The molecule has 0 radical (unpaired) electrons. The normalized spacial score (nSPS) is 26.2. The third-order valence-electron chi connectivity index (χ3n) is 6.60. The fourth-order valence-corrected chi connectivity index (χ4v) is 4.86. The van der Waals surface area contributed by atoms with Crippen LogP contribution in [0.15, 0.2) is 18.2 Å². The molecule has 9 heteroatoms. The van der Waals surface area contributed by atoms with Gasteiger partial charge < -0.3 is 15.0 Å². The second kappa shape index (κ2) is 7.17. The summed E-state index contributed by atoms with van der Waals surface area (Å²) < 4.78 is 6.04. The number of carbonyl (C=O) groups excluding carboxylic acids is 4. The maximum atomic E-state index is 13.0. The van der Waals surface area contributed by atoms with Gasteiger partial charge in [0.15, 0.2) is 0 Å². The highest BCUT2D eigenvalue weighted by Crippen LogP contribution is 2.34. The third kappa shape index (κ3) is 3.09. The Labute approximate surface area is 173 Å². The monoisotopic (exact) mass is 412 g/mol. The Balaban J connectivity index is 1.34. The minimum Gasteiger partial charge on any atom is -0.372 e. The van der Waals surface area contributed by atoms with Gasteiger partial charge in [-0.05, 0) is 37.5 Å². The lowest BCUT2D eigenvalue weighted by molar-refractivity contribution is -0.136. The minimum atomic E-state index is -0.940. The van der Waals surface area contributed by atoms with Crippen molar-refractivity contribution >= 4 is 29.3 Å². The Kier molecular flexibility index (Phi) is 4.59. The molecule has 0 aromatic heterocycles. The number of hydrogen-bond acceptors (Lipinski definition) is 7. The number of hydrogen-bond donors (Lipinski definition) is 2. The van der Waals surface area contributed by atoms with Gasteiger partial charge in [0.05, 0.1) is 23.3 Å². The van der Waals surface area contributed by atoms with Gasteiger partial charge in [-0.15, -0.1) is 0 Å². The topological polar surface area (TPSA) is 108 Å². The van der Waals surface area contributed by atoms with Crippen LogP contribution in [0.3, 0.4) is 0 Å². The SMILES string of the molecule is O=C1CCC(N2C(=O)c3ccc(N4CCC5(CC4)CNCCO5)cc3C2=O)C(=O)N1. The summed E-state index contributed by atoms with van der Waals surface area (Å²) in [5.74, 6) is -1.92. The van der Waals surface area contributed by atoms with E-state index in [-0.39, 0.29) is 24.3 Å². The molecule has 1 aromatic carbocycles. The van der Waals surface area contributed by atoms with E-state index in [0.29, 0.717) is 11.1 Å². The van der Waals surface area contributed by atoms with Crippen LogP contribution in [0.2, 0.25) is 0 Å². The highest BCUT2D eigenvalue weighted by molar-refractivity contribution is 6.23. The number of ether oxygens (including phenoxy) is 1. The van der Waals surface area contributed by atoms with Gasteiger partial charge in [0.2, 0.25) is 11.8 Å². The van der Waals surface area contributed by atoms with Crippen molar-refractivity contribution < 1.29 is 23.9 Å². The Morgan fingerprint density at radius 2 is 1.80 bits per heavy atom. The fourth-order valence-electron chi connectivity index (χ4n) is 4.86. The molecule has 1 unspecified atom stereocenters. The van der Waals surface area contributed by atoms with Crippen molar-refractivity contribution in [2.75, 3.05) is 37.7 Å². The molecule has 4 aliphatic rings. The first-order valence-electron chi connectivity index (χ1n) is 10.4. The number of piperidine rings is 2. The molecule has 158 valence electrons. The largest absolute Gasteiger partial charge is 0.372 e. The van der Waals surface area contributed by atoms with E-state index in [2.05, 4.69) is 15.5 Å². The number of nitrogens with zero attached hydrogens (tertiary/aromatic N) is 2. The Morgan fingerprint density at radius 1 is 1.03 bits per heavy atom. The van der Waals surface area contributed by atoms with E-state index in [4.69, 9.17) is 4.74 Å². The van der Waals surface area contributed by atoms with Gasteiger partial charge in [-0.25, -0.2) is 0 Å². The summed E-state index contributed by atoms with van der Waals surface area (Å²) in [6, 6.07) is 4.33. The summed E-state index contributed by atoms with van der Waals surface area (Å²) in [5, 5.41) is 5.62. The first kappa shape index (κ1) is 19.2. The van der Waals surface area contributed by atoms with Crippen LogP contribution in [-0.2, 0) is 14.3 Å². The second-order valence-corrected chi connectivity index (χ2v) is 8.37. The molecular weight excluding hydrogens is 388 g/mol. The molecule has 0 bridgehead atoms. The average Bonchev–Trinajstić information content (AvgIpc) is 2.99. The number of morpholine rings is 1. The summed E-state index contributed by atoms with van der Waals surface area (Å²) in [6.45, 7) is 4.08. The molecule has 1 spiro atoms. The molecule has 9 nitrogen and oxygen atoms in total. The summed E-state index contributed by atoms with van der Waals surface area (Å²) in [4.78, 5) is 52.6. The van der Waals surface area contributed by atoms with Crippen LogP contribution < -0.4 is 15.5 Å². The van der Waals surface area contributed by atoms with Gasteiger partial charge in [0.25, 0.3) is 11.8 Å². The molecule has 4 amide bonds. The number of amides is 4.